The van der Waals surface area contributed by atoms with Crippen LogP contribution in [-0.4, -0.2) is 21.4 Å². The van der Waals surface area contributed by atoms with Crippen LogP contribution in [0, 0.1) is 5.82 Å². The first-order valence-electron chi connectivity index (χ1n) is 8.71. The molecular formula is C20H25Cl2FN4O. The molecule has 152 valence electrons. The number of carbonyl (C=O) groups is 1. The SMILES string of the molecule is CCCC(C)(N)C(=O)Nc1ccc2nc(Cc3ccccc3F)[nH]c2c1.Cl.Cl. The van der Waals surface area contributed by atoms with E-state index in [9.17, 15) is 9.18 Å². The number of aromatic amines is 1. The minimum absolute atomic E-state index is 0. The first-order chi connectivity index (χ1) is 12.4. The van der Waals surface area contributed by atoms with Crippen LogP contribution in [0.1, 0.15) is 38.1 Å². The van der Waals surface area contributed by atoms with Gasteiger partial charge in [0.05, 0.1) is 16.6 Å². The number of H-pyrrole nitrogens is 1. The number of nitrogens with two attached hydrogens (primary N) is 1. The van der Waals surface area contributed by atoms with E-state index in [-0.39, 0.29) is 36.5 Å². The maximum atomic E-state index is 13.8. The van der Waals surface area contributed by atoms with Gasteiger partial charge in [-0.05, 0) is 43.2 Å². The summed E-state index contributed by atoms with van der Waals surface area (Å²) in [5.74, 6) is 0.201. The molecule has 0 aliphatic rings. The van der Waals surface area contributed by atoms with Gasteiger partial charge in [0.15, 0.2) is 0 Å². The number of carbonyl (C=O) groups excluding carboxylic acids is 1. The lowest BCUT2D eigenvalue weighted by Gasteiger charge is -2.22. The van der Waals surface area contributed by atoms with Crippen molar-refractivity contribution in [3.63, 3.8) is 0 Å². The summed E-state index contributed by atoms with van der Waals surface area (Å²) in [4.78, 5) is 20.0. The molecule has 1 heterocycles. The number of nitrogens with zero attached hydrogens (tertiary/aromatic N) is 1. The second-order valence-corrected chi connectivity index (χ2v) is 6.81. The lowest BCUT2D eigenvalue weighted by atomic mass is 9.96. The molecule has 0 saturated carbocycles. The van der Waals surface area contributed by atoms with Crippen LogP contribution in [0.4, 0.5) is 10.1 Å². The number of benzene rings is 2. The Balaban J connectivity index is 0.00000196. The average molecular weight is 427 g/mol. The van der Waals surface area contributed by atoms with Gasteiger partial charge >= 0.3 is 0 Å². The topological polar surface area (TPSA) is 83.8 Å². The predicted molar refractivity (Wildman–Crippen MR) is 116 cm³/mol. The second-order valence-electron chi connectivity index (χ2n) is 6.81. The number of fused-ring (bicyclic) bond motifs is 1. The smallest absolute Gasteiger partial charge is 0.244 e. The van der Waals surface area contributed by atoms with Gasteiger partial charge in [0, 0.05) is 12.1 Å². The summed E-state index contributed by atoms with van der Waals surface area (Å²) < 4.78 is 13.8. The van der Waals surface area contributed by atoms with E-state index in [1.54, 1.807) is 31.2 Å². The summed E-state index contributed by atoms with van der Waals surface area (Å²) in [6.07, 6.45) is 1.82. The minimum atomic E-state index is -0.909. The molecule has 0 bridgehead atoms. The Morgan fingerprint density at radius 2 is 1.96 bits per heavy atom. The molecule has 2 aromatic carbocycles. The fraction of sp³-hybridized carbons (Fsp3) is 0.300. The Morgan fingerprint density at radius 3 is 2.64 bits per heavy atom. The van der Waals surface area contributed by atoms with Crippen molar-refractivity contribution in [2.75, 3.05) is 5.32 Å². The van der Waals surface area contributed by atoms with Crippen molar-refractivity contribution >= 4 is 47.4 Å². The highest BCUT2D eigenvalue weighted by atomic mass is 35.5. The quantitative estimate of drug-likeness (QED) is 0.538. The molecule has 0 spiro atoms. The number of halogens is 3. The molecule has 3 rings (SSSR count). The number of anilines is 1. The largest absolute Gasteiger partial charge is 0.342 e. The molecule has 0 saturated heterocycles. The molecule has 0 aliphatic carbocycles. The Morgan fingerprint density at radius 1 is 1.25 bits per heavy atom. The van der Waals surface area contributed by atoms with Gasteiger partial charge in [-0.2, -0.15) is 0 Å². The van der Waals surface area contributed by atoms with Crippen molar-refractivity contribution in [1.29, 1.82) is 0 Å². The number of rotatable bonds is 6. The van der Waals surface area contributed by atoms with Crippen LogP contribution in [0.2, 0.25) is 0 Å². The molecular weight excluding hydrogens is 402 g/mol. The monoisotopic (exact) mass is 426 g/mol. The van der Waals surface area contributed by atoms with E-state index < -0.39 is 5.54 Å². The predicted octanol–water partition coefficient (Wildman–Crippen LogP) is 4.59. The van der Waals surface area contributed by atoms with Crippen LogP contribution in [0.25, 0.3) is 11.0 Å². The fourth-order valence-electron chi connectivity index (χ4n) is 2.95. The van der Waals surface area contributed by atoms with E-state index in [0.717, 1.165) is 17.5 Å². The number of nitrogens with one attached hydrogen (secondary N) is 2. The highest BCUT2D eigenvalue weighted by Gasteiger charge is 2.27. The van der Waals surface area contributed by atoms with Gasteiger partial charge in [-0.15, -0.1) is 24.8 Å². The molecule has 1 unspecified atom stereocenters. The zero-order chi connectivity index (χ0) is 18.7. The third kappa shape index (κ3) is 5.44. The third-order valence-electron chi connectivity index (χ3n) is 4.39. The molecule has 0 radical (unpaired) electrons. The summed E-state index contributed by atoms with van der Waals surface area (Å²) in [5.41, 5.74) is 7.93. The number of amides is 1. The number of hydrogen-bond acceptors (Lipinski definition) is 3. The van der Waals surface area contributed by atoms with Crippen molar-refractivity contribution < 1.29 is 9.18 Å². The minimum Gasteiger partial charge on any atom is -0.342 e. The van der Waals surface area contributed by atoms with E-state index in [1.807, 2.05) is 19.1 Å². The van der Waals surface area contributed by atoms with Crippen molar-refractivity contribution in [2.24, 2.45) is 5.73 Å². The average Bonchev–Trinajstić information content (AvgIpc) is 2.98. The maximum Gasteiger partial charge on any atom is 0.244 e. The zero-order valence-corrected chi connectivity index (χ0v) is 17.4. The summed E-state index contributed by atoms with van der Waals surface area (Å²) in [6, 6.07) is 12.1. The van der Waals surface area contributed by atoms with Crippen molar-refractivity contribution in [3.05, 3.63) is 59.7 Å². The van der Waals surface area contributed by atoms with E-state index in [1.165, 1.54) is 6.07 Å². The van der Waals surface area contributed by atoms with E-state index in [4.69, 9.17) is 5.73 Å². The Hall–Kier alpha value is -2.15. The number of aromatic nitrogens is 2. The maximum absolute atomic E-state index is 13.8. The van der Waals surface area contributed by atoms with Crippen LogP contribution in [0.15, 0.2) is 42.5 Å². The van der Waals surface area contributed by atoms with E-state index >= 15 is 0 Å². The van der Waals surface area contributed by atoms with Crippen molar-refractivity contribution in [1.82, 2.24) is 9.97 Å². The van der Waals surface area contributed by atoms with Gasteiger partial charge in [-0.3, -0.25) is 4.79 Å². The van der Waals surface area contributed by atoms with Crippen LogP contribution in [0.5, 0.6) is 0 Å². The van der Waals surface area contributed by atoms with Crippen LogP contribution >= 0.6 is 24.8 Å². The summed E-state index contributed by atoms with van der Waals surface area (Å²) in [7, 11) is 0. The van der Waals surface area contributed by atoms with Gasteiger partial charge < -0.3 is 16.0 Å². The van der Waals surface area contributed by atoms with Crippen molar-refractivity contribution in [3.8, 4) is 0 Å². The molecule has 0 fully saturated rings. The molecule has 28 heavy (non-hydrogen) atoms. The molecule has 1 aromatic heterocycles. The highest BCUT2D eigenvalue weighted by molar-refractivity contribution is 5.98. The van der Waals surface area contributed by atoms with Gasteiger partial charge in [-0.25, -0.2) is 9.37 Å². The fourth-order valence-corrected chi connectivity index (χ4v) is 2.95. The second kappa shape index (κ2) is 9.87. The highest BCUT2D eigenvalue weighted by Crippen LogP contribution is 2.21. The Kier molecular flexibility index (Phi) is 8.42. The molecule has 3 aromatic rings. The lowest BCUT2D eigenvalue weighted by Crippen LogP contribution is -2.48. The third-order valence-corrected chi connectivity index (χ3v) is 4.39. The standard InChI is InChI=1S/C20H23FN4O.2ClH/c1-3-10-20(2,22)19(26)23-14-8-9-16-17(12-14)25-18(24-16)11-13-6-4-5-7-15(13)21;;/h4-9,12H,3,10-11,22H2,1-2H3,(H,23,26)(H,24,25);2*1H. The first kappa shape index (κ1) is 23.9. The van der Waals surface area contributed by atoms with Gasteiger partial charge in [0.25, 0.3) is 0 Å². The van der Waals surface area contributed by atoms with Crippen molar-refractivity contribution in [2.45, 2.75) is 38.6 Å². The zero-order valence-electron chi connectivity index (χ0n) is 15.8. The van der Waals surface area contributed by atoms with Gasteiger partial charge in [0.2, 0.25) is 5.91 Å². The number of imidazole rings is 1. The molecule has 1 atom stereocenters. The van der Waals surface area contributed by atoms with Crippen LogP contribution in [-0.2, 0) is 11.2 Å². The summed E-state index contributed by atoms with van der Waals surface area (Å²) >= 11 is 0. The first-order valence-corrected chi connectivity index (χ1v) is 8.71. The summed E-state index contributed by atoms with van der Waals surface area (Å²) in [5, 5.41) is 2.86. The molecule has 8 heteroatoms. The molecule has 1 amide bonds. The van der Waals surface area contributed by atoms with E-state index in [2.05, 4.69) is 15.3 Å². The molecule has 5 nitrogen and oxygen atoms in total. The summed E-state index contributed by atoms with van der Waals surface area (Å²) in [6.45, 7) is 3.72. The van der Waals surface area contributed by atoms with Gasteiger partial charge in [0.1, 0.15) is 11.6 Å². The lowest BCUT2D eigenvalue weighted by molar-refractivity contribution is -0.120. The Labute approximate surface area is 176 Å². The van der Waals surface area contributed by atoms with Crippen LogP contribution in [0.3, 0.4) is 0 Å². The van der Waals surface area contributed by atoms with Crippen LogP contribution < -0.4 is 11.1 Å². The molecule has 0 aliphatic heterocycles. The Bertz CT molecular complexity index is 943. The van der Waals surface area contributed by atoms with Gasteiger partial charge in [-0.1, -0.05) is 31.5 Å². The number of hydrogen-bond donors (Lipinski definition) is 3. The van der Waals surface area contributed by atoms with E-state index in [0.29, 0.717) is 29.9 Å². The molecule has 4 N–H and O–H groups in total. The normalized spacial score (nSPS) is 12.6.